The lowest BCUT2D eigenvalue weighted by Crippen LogP contribution is -2.46. The number of hydrogen-bond donors (Lipinski definition) is 3. The van der Waals surface area contributed by atoms with E-state index in [0.29, 0.717) is 43.2 Å². The summed E-state index contributed by atoms with van der Waals surface area (Å²) in [7, 11) is 0. The van der Waals surface area contributed by atoms with Crippen LogP contribution in [-0.4, -0.2) is 42.2 Å². The molecule has 0 aromatic heterocycles. The van der Waals surface area contributed by atoms with Crippen LogP contribution >= 0.6 is 0 Å². The van der Waals surface area contributed by atoms with Crippen molar-refractivity contribution in [3.63, 3.8) is 0 Å². The van der Waals surface area contributed by atoms with Crippen LogP contribution in [0.3, 0.4) is 0 Å². The Morgan fingerprint density at radius 3 is 2.84 bits per heavy atom. The summed E-state index contributed by atoms with van der Waals surface area (Å²) in [6.45, 7) is 7.41. The zero-order chi connectivity index (χ0) is 23.3. The third kappa shape index (κ3) is 9.19. The van der Waals surface area contributed by atoms with Crippen LogP contribution in [0.2, 0.25) is 0 Å². The largest absolute Gasteiger partial charge is 0.494 e. The summed E-state index contributed by atoms with van der Waals surface area (Å²) in [6.07, 6.45) is 7.65. The molecular weight excluding hydrogens is 404 g/mol. The summed E-state index contributed by atoms with van der Waals surface area (Å²) in [6, 6.07) is 6.79. The second kappa shape index (κ2) is 14.1. The Morgan fingerprint density at radius 2 is 2.06 bits per heavy atom. The quantitative estimate of drug-likeness (QED) is 0.540. The first kappa shape index (κ1) is 26.2. The Kier molecular flexibility index (Phi) is 11.6. The van der Waals surface area contributed by atoms with Gasteiger partial charge in [0.25, 0.3) is 5.91 Å². The highest BCUT2D eigenvalue weighted by molar-refractivity contribution is 5.94. The van der Waals surface area contributed by atoms with E-state index in [-0.39, 0.29) is 17.7 Å². The molecule has 6 nitrogen and oxygen atoms in total. The van der Waals surface area contributed by atoms with Gasteiger partial charge in [-0.3, -0.25) is 9.59 Å². The van der Waals surface area contributed by atoms with E-state index >= 15 is 0 Å². The number of aliphatic hydroxyl groups is 1. The average Bonchev–Trinajstić information content (AvgIpc) is 2.77. The van der Waals surface area contributed by atoms with E-state index in [1.807, 2.05) is 19.1 Å². The highest BCUT2D eigenvalue weighted by Crippen LogP contribution is 2.22. The Morgan fingerprint density at radius 1 is 1.28 bits per heavy atom. The number of nitrogens with one attached hydrogen (secondary N) is 2. The maximum atomic E-state index is 13.0. The molecule has 0 fully saturated rings. The predicted octanol–water partition coefficient (Wildman–Crippen LogP) is 4.46. The maximum absolute atomic E-state index is 13.0. The SMILES string of the molecule is CCCCNC(=O)C(C)CC(O)C1C[C@H](C)CCCCCCOc2cccc(c2)C(=O)N1. The molecule has 2 rings (SSSR count). The molecule has 0 radical (unpaired) electrons. The van der Waals surface area contributed by atoms with Crippen molar-refractivity contribution in [1.29, 1.82) is 0 Å². The summed E-state index contributed by atoms with van der Waals surface area (Å²) in [5.41, 5.74) is 0.521. The molecule has 3 unspecified atom stereocenters. The predicted molar refractivity (Wildman–Crippen MR) is 128 cm³/mol. The number of ether oxygens (including phenoxy) is 1. The van der Waals surface area contributed by atoms with Crippen molar-refractivity contribution >= 4 is 11.8 Å². The molecule has 1 aromatic rings. The molecule has 6 heteroatoms. The lowest BCUT2D eigenvalue weighted by molar-refractivity contribution is -0.125. The van der Waals surface area contributed by atoms with Gasteiger partial charge in [-0.1, -0.05) is 58.9 Å². The Labute approximate surface area is 193 Å². The fourth-order valence-corrected chi connectivity index (χ4v) is 4.18. The summed E-state index contributed by atoms with van der Waals surface area (Å²) in [5.74, 6) is 0.481. The number of rotatable bonds is 7. The lowest BCUT2D eigenvalue weighted by atomic mass is 9.89. The fourth-order valence-electron chi connectivity index (χ4n) is 4.18. The normalized spacial score (nSPS) is 22.4. The second-order valence-electron chi connectivity index (χ2n) is 9.35. The van der Waals surface area contributed by atoms with Gasteiger partial charge in [0, 0.05) is 18.0 Å². The molecule has 0 saturated carbocycles. The van der Waals surface area contributed by atoms with Gasteiger partial charge in [0.15, 0.2) is 0 Å². The molecule has 180 valence electrons. The Balaban J connectivity index is 2.09. The molecule has 1 heterocycles. The first-order valence-electron chi connectivity index (χ1n) is 12.4. The van der Waals surface area contributed by atoms with Gasteiger partial charge in [-0.2, -0.15) is 0 Å². The minimum Gasteiger partial charge on any atom is -0.494 e. The molecule has 0 saturated heterocycles. The van der Waals surface area contributed by atoms with Crippen LogP contribution in [0, 0.1) is 11.8 Å². The van der Waals surface area contributed by atoms with E-state index in [9.17, 15) is 14.7 Å². The topological polar surface area (TPSA) is 87.7 Å². The Bertz CT molecular complexity index is 709. The maximum Gasteiger partial charge on any atom is 0.251 e. The van der Waals surface area contributed by atoms with Gasteiger partial charge in [-0.15, -0.1) is 0 Å². The molecule has 4 atom stereocenters. The number of hydrogen-bond acceptors (Lipinski definition) is 4. The summed E-state index contributed by atoms with van der Waals surface area (Å²) in [4.78, 5) is 25.3. The molecule has 1 aliphatic heterocycles. The van der Waals surface area contributed by atoms with Gasteiger partial charge in [0.05, 0.1) is 18.8 Å². The zero-order valence-electron chi connectivity index (χ0n) is 20.1. The minimum absolute atomic E-state index is 0.0427. The highest BCUT2D eigenvalue weighted by Gasteiger charge is 2.27. The van der Waals surface area contributed by atoms with Crippen molar-refractivity contribution in [2.45, 2.75) is 90.7 Å². The van der Waals surface area contributed by atoms with Crippen LogP contribution in [0.25, 0.3) is 0 Å². The van der Waals surface area contributed by atoms with Crippen molar-refractivity contribution < 1.29 is 19.4 Å². The molecule has 1 aliphatic rings. The van der Waals surface area contributed by atoms with Crippen molar-refractivity contribution in [2.24, 2.45) is 11.8 Å². The van der Waals surface area contributed by atoms with E-state index in [1.54, 1.807) is 12.1 Å². The first-order valence-corrected chi connectivity index (χ1v) is 12.4. The number of aliphatic hydroxyl groups excluding tert-OH is 1. The van der Waals surface area contributed by atoms with E-state index in [0.717, 1.165) is 44.9 Å². The smallest absolute Gasteiger partial charge is 0.251 e. The van der Waals surface area contributed by atoms with Gasteiger partial charge in [-0.05, 0) is 49.8 Å². The van der Waals surface area contributed by atoms with E-state index < -0.39 is 12.1 Å². The van der Waals surface area contributed by atoms with Gasteiger partial charge in [0.2, 0.25) is 5.91 Å². The first-order chi connectivity index (χ1) is 15.4. The summed E-state index contributed by atoms with van der Waals surface area (Å²) in [5, 5.41) is 17.0. The molecule has 3 N–H and O–H groups in total. The number of amides is 2. The highest BCUT2D eigenvalue weighted by atomic mass is 16.5. The van der Waals surface area contributed by atoms with Crippen LogP contribution in [-0.2, 0) is 4.79 Å². The molecular formula is C26H42N2O4. The summed E-state index contributed by atoms with van der Waals surface area (Å²) < 4.78 is 5.81. The number of unbranched alkanes of at least 4 members (excludes halogenated alkanes) is 1. The minimum atomic E-state index is -0.788. The van der Waals surface area contributed by atoms with E-state index in [4.69, 9.17) is 4.74 Å². The monoisotopic (exact) mass is 446 g/mol. The molecule has 2 bridgehead atoms. The molecule has 1 aromatic carbocycles. The van der Waals surface area contributed by atoms with Crippen LogP contribution < -0.4 is 15.4 Å². The standard InChI is InChI=1S/C26H42N2O4/c1-4-5-14-27-25(30)20(3)17-24(29)23-16-19(2)11-8-6-7-9-15-32-22-13-10-12-21(18-22)26(31)28-23/h10,12-13,18-20,23-24,29H,4-9,11,14-17H2,1-3H3,(H,27,30)(H,28,31)/t19-,20?,23?,24?/m1/s1. The van der Waals surface area contributed by atoms with Gasteiger partial charge >= 0.3 is 0 Å². The van der Waals surface area contributed by atoms with Crippen LogP contribution in [0.5, 0.6) is 5.75 Å². The number of fused-ring (bicyclic) bond motifs is 2. The van der Waals surface area contributed by atoms with E-state index in [2.05, 4.69) is 24.5 Å². The van der Waals surface area contributed by atoms with Crippen LogP contribution in [0.4, 0.5) is 0 Å². The lowest BCUT2D eigenvalue weighted by Gasteiger charge is -2.28. The van der Waals surface area contributed by atoms with Crippen molar-refractivity contribution in [3.05, 3.63) is 29.8 Å². The number of carbonyl (C=O) groups is 2. The van der Waals surface area contributed by atoms with Crippen molar-refractivity contribution in [1.82, 2.24) is 10.6 Å². The molecule has 0 spiro atoms. The van der Waals surface area contributed by atoms with Gasteiger partial charge in [-0.25, -0.2) is 0 Å². The van der Waals surface area contributed by atoms with Crippen molar-refractivity contribution in [3.8, 4) is 5.75 Å². The van der Waals surface area contributed by atoms with E-state index in [1.165, 1.54) is 0 Å². The molecule has 0 aliphatic carbocycles. The van der Waals surface area contributed by atoms with Crippen LogP contribution in [0.15, 0.2) is 24.3 Å². The molecule has 32 heavy (non-hydrogen) atoms. The fraction of sp³-hybridized carbons (Fsp3) is 0.692. The number of benzene rings is 1. The van der Waals surface area contributed by atoms with Gasteiger partial charge < -0.3 is 20.5 Å². The molecule has 2 amide bonds. The second-order valence-corrected chi connectivity index (χ2v) is 9.35. The third-order valence-corrected chi connectivity index (χ3v) is 6.27. The number of carbonyl (C=O) groups excluding carboxylic acids is 2. The third-order valence-electron chi connectivity index (χ3n) is 6.27. The average molecular weight is 447 g/mol. The zero-order valence-corrected chi connectivity index (χ0v) is 20.1. The van der Waals surface area contributed by atoms with Crippen molar-refractivity contribution in [2.75, 3.05) is 13.2 Å². The van der Waals surface area contributed by atoms with Gasteiger partial charge in [0.1, 0.15) is 5.75 Å². The van der Waals surface area contributed by atoms with Crippen LogP contribution in [0.1, 0.15) is 88.9 Å². The summed E-state index contributed by atoms with van der Waals surface area (Å²) >= 11 is 0. The Hall–Kier alpha value is -2.08.